The molecule has 2 aromatic rings. The Balaban J connectivity index is 2.00. The highest BCUT2D eigenvalue weighted by atomic mass is 35.5. The van der Waals surface area contributed by atoms with Crippen molar-refractivity contribution in [2.45, 2.75) is 20.3 Å². The number of anilines is 1. The Bertz CT molecular complexity index is 821. The van der Waals surface area contributed by atoms with E-state index in [9.17, 15) is 9.59 Å². The number of aromatic nitrogens is 1. The van der Waals surface area contributed by atoms with E-state index in [-0.39, 0.29) is 18.4 Å². The first-order valence-corrected chi connectivity index (χ1v) is 9.66. The fraction of sp³-hybridized carbons (Fsp3) is 0.278. The molecule has 0 spiro atoms. The lowest BCUT2D eigenvalue weighted by molar-refractivity contribution is -0.130. The Morgan fingerprint density at radius 2 is 2.12 bits per heavy atom. The van der Waals surface area contributed by atoms with Gasteiger partial charge in [0, 0.05) is 23.0 Å². The normalized spacial score (nSPS) is 10.9. The van der Waals surface area contributed by atoms with Crippen LogP contribution in [0, 0.1) is 6.92 Å². The van der Waals surface area contributed by atoms with E-state index in [4.69, 9.17) is 23.2 Å². The van der Waals surface area contributed by atoms with Crippen LogP contribution in [0.3, 0.4) is 0 Å². The third-order valence-corrected chi connectivity index (χ3v) is 4.72. The highest BCUT2D eigenvalue weighted by molar-refractivity contribution is 7.09. The molecule has 0 fully saturated rings. The Morgan fingerprint density at radius 3 is 2.73 bits per heavy atom. The smallest absolute Gasteiger partial charge is 0.247 e. The zero-order valence-electron chi connectivity index (χ0n) is 14.5. The van der Waals surface area contributed by atoms with Gasteiger partial charge in [-0.1, -0.05) is 30.1 Å². The number of halogens is 2. The maximum atomic E-state index is 12.4. The number of rotatable bonds is 7. The standard InChI is InChI=1S/C18H19Cl2N3O2S/c1-3-8-23(18(25)7-5-14-11-26-12(2)21-14)10-17(24)22-16-6-4-13(19)9-15(16)20/h4-7,9,11H,3,8,10H2,1-2H3,(H,22,24)/b7-5+. The number of carbonyl (C=O) groups is 2. The topological polar surface area (TPSA) is 62.3 Å². The second kappa shape index (κ2) is 9.71. The molecule has 0 bridgehead atoms. The molecule has 1 aromatic carbocycles. The summed E-state index contributed by atoms with van der Waals surface area (Å²) >= 11 is 13.4. The molecule has 26 heavy (non-hydrogen) atoms. The molecule has 0 aliphatic carbocycles. The molecular formula is C18H19Cl2N3O2S. The van der Waals surface area contributed by atoms with Gasteiger partial charge in [0.1, 0.15) is 6.54 Å². The molecule has 138 valence electrons. The van der Waals surface area contributed by atoms with Crippen LogP contribution in [0.1, 0.15) is 24.0 Å². The van der Waals surface area contributed by atoms with E-state index >= 15 is 0 Å². The first kappa shape index (κ1) is 20.4. The molecule has 0 saturated heterocycles. The van der Waals surface area contributed by atoms with Crippen molar-refractivity contribution in [2.75, 3.05) is 18.4 Å². The summed E-state index contributed by atoms with van der Waals surface area (Å²) in [4.78, 5) is 30.4. The van der Waals surface area contributed by atoms with Crippen LogP contribution in [0.5, 0.6) is 0 Å². The van der Waals surface area contributed by atoms with E-state index in [1.54, 1.807) is 24.3 Å². The summed E-state index contributed by atoms with van der Waals surface area (Å²) in [6.45, 7) is 4.26. The van der Waals surface area contributed by atoms with Gasteiger partial charge < -0.3 is 10.2 Å². The van der Waals surface area contributed by atoms with Crippen molar-refractivity contribution >= 4 is 58.1 Å². The molecule has 1 heterocycles. The number of benzene rings is 1. The molecule has 0 aliphatic rings. The van der Waals surface area contributed by atoms with Gasteiger partial charge in [0.05, 0.1) is 21.4 Å². The maximum Gasteiger partial charge on any atom is 0.247 e. The van der Waals surface area contributed by atoms with Crippen molar-refractivity contribution in [2.24, 2.45) is 0 Å². The van der Waals surface area contributed by atoms with E-state index in [0.29, 0.717) is 22.3 Å². The van der Waals surface area contributed by atoms with Gasteiger partial charge in [0.15, 0.2) is 0 Å². The van der Waals surface area contributed by atoms with Crippen LogP contribution in [-0.2, 0) is 9.59 Å². The second-order valence-corrected chi connectivity index (χ2v) is 7.46. The summed E-state index contributed by atoms with van der Waals surface area (Å²) in [5.74, 6) is -0.566. The van der Waals surface area contributed by atoms with Crippen LogP contribution in [0.15, 0.2) is 29.7 Å². The van der Waals surface area contributed by atoms with Crippen LogP contribution in [-0.4, -0.2) is 34.8 Å². The Morgan fingerprint density at radius 1 is 1.35 bits per heavy atom. The highest BCUT2D eigenvalue weighted by Crippen LogP contribution is 2.25. The fourth-order valence-corrected chi connectivity index (χ4v) is 3.25. The summed E-state index contributed by atoms with van der Waals surface area (Å²) < 4.78 is 0. The van der Waals surface area contributed by atoms with Crippen LogP contribution in [0.4, 0.5) is 5.69 Å². The zero-order valence-corrected chi connectivity index (χ0v) is 16.8. The lowest BCUT2D eigenvalue weighted by atomic mass is 10.3. The monoisotopic (exact) mass is 411 g/mol. The van der Waals surface area contributed by atoms with Gasteiger partial charge in [-0.2, -0.15) is 0 Å². The molecule has 5 nitrogen and oxygen atoms in total. The lowest BCUT2D eigenvalue weighted by Gasteiger charge is -2.20. The fourth-order valence-electron chi connectivity index (χ4n) is 2.21. The van der Waals surface area contributed by atoms with E-state index in [1.807, 2.05) is 19.2 Å². The van der Waals surface area contributed by atoms with Gasteiger partial charge in [-0.3, -0.25) is 9.59 Å². The molecule has 8 heteroatoms. The summed E-state index contributed by atoms with van der Waals surface area (Å²) in [5.41, 5.74) is 1.19. The SMILES string of the molecule is CCCN(CC(=O)Nc1ccc(Cl)cc1Cl)C(=O)/C=C/c1csc(C)n1. The van der Waals surface area contributed by atoms with Crippen molar-refractivity contribution in [1.29, 1.82) is 0 Å². The van der Waals surface area contributed by atoms with Crippen molar-refractivity contribution in [3.63, 3.8) is 0 Å². The van der Waals surface area contributed by atoms with Crippen molar-refractivity contribution < 1.29 is 9.59 Å². The number of carbonyl (C=O) groups excluding carboxylic acids is 2. The third kappa shape index (κ3) is 6.12. The van der Waals surface area contributed by atoms with E-state index in [1.165, 1.54) is 22.3 Å². The predicted octanol–water partition coefficient (Wildman–Crippen LogP) is 4.65. The molecule has 0 unspecified atom stereocenters. The quantitative estimate of drug-likeness (QED) is 0.674. The summed E-state index contributed by atoms with van der Waals surface area (Å²) in [6, 6.07) is 4.81. The van der Waals surface area contributed by atoms with Gasteiger partial charge in [0.25, 0.3) is 0 Å². The lowest BCUT2D eigenvalue weighted by Crippen LogP contribution is -2.37. The Kier molecular flexibility index (Phi) is 7.63. The van der Waals surface area contributed by atoms with Gasteiger partial charge >= 0.3 is 0 Å². The summed E-state index contributed by atoms with van der Waals surface area (Å²) in [6.07, 6.45) is 3.83. The van der Waals surface area contributed by atoms with Gasteiger partial charge in [-0.05, 0) is 37.6 Å². The first-order chi connectivity index (χ1) is 12.4. The number of nitrogens with one attached hydrogen (secondary N) is 1. The number of hydrogen-bond acceptors (Lipinski definition) is 4. The number of nitrogens with zero attached hydrogens (tertiary/aromatic N) is 2. The van der Waals surface area contributed by atoms with Gasteiger partial charge in [0.2, 0.25) is 11.8 Å². The minimum atomic E-state index is -0.325. The molecule has 2 rings (SSSR count). The first-order valence-electron chi connectivity index (χ1n) is 8.03. The van der Waals surface area contributed by atoms with Crippen molar-refractivity contribution in [3.8, 4) is 0 Å². The van der Waals surface area contributed by atoms with E-state index in [2.05, 4.69) is 10.3 Å². The third-order valence-electron chi connectivity index (χ3n) is 3.38. The minimum Gasteiger partial charge on any atom is -0.330 e. The maximum absolute atomic E-state index is 12.4. The predicted molar refractivity (Wildman–Crippen MR) is 108 cm³/mol. The summed E-state index contributed by atoms with van der Waals surface area (Å²) in [5, 5.41) is 6.34. The molecule has 0 radical (unpaired) electrons. The van der Waals surface area contributed by atoms with Crippen LogP contribution in [0.2, 0.25) is 10.0 Å². The highest BCUT2D eigenvalue weighted by Gasteiger charge is 2.15. The van der Waals surface area contributed by atoms with E-state index in [0.717, 1.165) is 17.1 Å². The average Bonchev–Trinajstić information content (AvgIpc) is 3.00. The second-order valence-electron chi connectivity index (χ2n) is 5.56. The molecular weight excluding hydrogens is 393 g/mol. The van der Waals surface area contributed by atoms with Gasteiger partial charge in [-0.15, -0.1) is 11.3 Å². The van der Waals surface area contributed by atoms with Crippen molar-refractivity contribution in [1.82, 2.24) is 9.88 Å². The number of thiazole rings is 1. The largest absolute Gasteiger partial charge is 0.330 e. The zero-order chi connectivity index (χ0) is 19.1. The van der Waals surface area contributed by atoms with Crippen LogP contribution < -0.4 is 5.32 Å². The Hall–Kier alpha value is -1.89. The minimum absolute atomic E-state index is 0.0634. The molecule has 0 aliphatic heterocycles. The summed E-state index contributed by atoms with van der Waals surface area (Å²) in [7, 11) is 0. The average molecular weight is 412 g/mol. The van der Waals surface area contributed by atoms with E-state index < -0.39 is 0 Å². The molecule has 0 saturated carbocycles. The number of amides is 2. The molecule has 1 N–H and O–H groups in total. The molecule has 2 amide bonds. The molecule has 0 atom stereocenters. The van der Waals surface area contributed by atoms with Crippen molar-refractivity contribution in [3.05, 3.63) is 50.4 Å². The number of aryl methyl sites for hydroxylation is 1. The number of hydrogen-bond donors (Lipinski definition) is 1. The Labute approximate surface area is 166 Å². The van der Waals surface area contributed by atoms with Gasteiger partial charge in [-0.25, -0.2) is 4.98 Å². The molecule has 1 aromatic heterocycles. The van der Waals surface area contributed by atoms with Crippen LogP contribution >= 0.6 is 34.5 Å². The van der Waals surface area contributed by atoms with Crippen LogP contribution in [0.25, 0.3) is 6.08 Å².